The van der Waals surface area contributed by atoms with E-state index in [9.17, 15) is 0 Å². The smallest absolute Gasteiger partial charge is 0.130 e. The van der Waals surface area contributed by atoms with Crippen molar-refractivity contribution in [3.05, 3.63) is 41.7 Å². The summed E-state index contributed by atoms with van der Waals surface area (Å²) in [5.41, 5.74) is 1.53. The van der Waals surface area contributed by atoms with Crippen LogP contribution in [0.25, 0.3) is 0 Å². The lowest BCUT2D eigenvalue weighted by molar-refractivity contribution is 0.590. The number of aryl methyl sites for hydroxylation is 1. The fourth-order valence-electron chi connectivity index (χ4n) is 1.86. The van der Waals surface area contributed by atoms with Crippen molar-refractivity contribution in [3.63, 3.8) is 0 Å². The number of benzene rings is 1. The van der Waals surface area contributed by atoms with Crippen molar-refractivity contribution < 1.29 is 0 Å². The number of nitrogens with zero attached hydrogens (tertiary/aromatic N) is 2. The summed E-state index contributed by atoms with van der Waals surface area (Å²) in [4.78, 5) is 9.96. The molecule has 0 aliphatic rings. The minimum absolute atomic E-state index is 0.188. The van der Waals surface area contributed by atoms with Gasteiger partial charge in [-0.15, -0.1) is 0 Å². The zero-order valence-corrected chi connectivity index (χ0v) is 13.5. The van der Waals surface area contributed by atoms with Crippen LogP contribution in [-0.4, -0.2) is 17.0 Å². The first-order valence-electron chi connectivity index (χ1n) is 6.70. The number of rotatable bonds is 3. The zero-order valence-electron chi connectivity index (χ0n) is 12.7. The van der Waals surface area contributed by atoms with Gasteiger partial charge < -0.3 is 5.32 Å². The van der Waals surface area contributed by atoms with E-state index >= 15 is 0 Å². The monoisotopic (exact) mass is 287 g/mol. The van der Waals surface area contributed by atoms with Crippen molar-refractivity contribution >= 4 is 17.6 Å². The first kappa shape index (κ1) is 14.9. The molecule has 0 bridgehead atoms. The second-order valence-electron chi connectivity index (χ2n) is 5.77. The highest BCUT2D eigenvalue weighted by molar-refractivity contribution is 7.99. The fourth-order valence-corrected chi connectivity index (χ4v) is 2.73. The molecular weight excluding hydrogens is 266 g/mol. The normalized spacial score (nSPS) is 11.4. The van der Waals surface area contributed by atoms with Gasteiger partial charge in [-0.3, -0.25) is 0 Å². The molecule has 20 heavy (non-hydrogen) atoms. The highest BCUT2D eigenvalue weighted by Crippen LogP contribution is 2.30. The molecule has 0 unspecified atom stereocenters. The Morgan fingerprint density at radius 3 is 2.25 bits per heavy atom. The molecule has 1 N–H and O–H groups in total. The standard InChI is InChI=1S/C16H21N3S/c1-11-18-14(17-5)10-15(19-11)20-13-8-6-12(7-9-13)16(2,3)4/h6-10H,1-5H3,(H,17,18,19). The Hall–Kier alpha value is -1.55. The van der Waals surface area contributed by atoms with Gasteiger partial charge in [0.05, 0.1) is 0 Å². The molecule has 0 saturated heterocycles. The average molecular weight is 287 g/mol. The number of aromatic nitrogens is 2. The van der Waals surface area contributed by atoms with E-state index in [4.69, 9.17) is 0 Å². The van der Waals surface area contributed by atoms with Gasteiger partial charge in [0.2, 0.25) is 0 Å². The Balaban J connectivity index is 2.20. The molecular formula is C16H21N3S. The molecule has 2 aromatic rings. The Labute approximate surface area is 125 Å². The molecule has 3 nitrogen and oxygen atoms in total. The number of hydrogen-bond acceptors (Lipinski definition) is 4. The molecule has 1 aromatic carbocycles. The Bertz CT molecular complexity index is 586. The van der Waals surface area contributed by atoms with Crippen LogP contribution in [0.1, 0.15) is 32.2 Å². The second kappa shape index (κ2) is 5.83. The van der Waals surface area contributed by atoms with E-state index < -0.39 is 0 Å². The van der Waals surface area contributed by atoms with E-state index in [1.807, 2.05) is 20.0 Å². The van der Waals surface area contributed by atoms with Crippen LogP contribution < -0.4 is 5.32 Å². The van der Waals surface area contributed by atoms with Crippen LogP contribution >= 0.6 is 11.8 Å². The van der Waals surface area contributed by atoms with Crippen molar-refractivity contribution in [2.45, 2.75) is 43.0 Å². The van der Waals surface area contributed by atoms with Gasteiger partial charge in [0, 0.05) is 18.0 Å². The van der Waals surface area contributed by atoms with Crippen molar-refractivity contribution in [3.8, 4) is 0 Å². The van der Waals surface area contributed by atoms with E-state index in [1.54, 1.807) is 11.8 Å². The summed E-state index contributed by atoms with van der Waals surface area (Å²) in [5, 5.41) is 4.02. The van der Waals surface area contributed by atoms with Crippen molar-refractivity contribution in [1.82, 2.24) is 9.97 Å². The predicted molar refractivity (Wildman–Crippen MR) is 85.6 cm³/mol. The zero-order chi connectivity index (χ0) is 14.8. The molecule has 0 atom stereocenters. The largest absolute Gasteiger partial charge is 0.373 e. The fraction of sp³-hybridized carbons (Fsp3) is 0.375. The SMILES string of the molecule is CNc1cc(Sc2ccc(C(C)(C)C)cc2)nc(C)n1. The van der Waals surface area contributed by atoms with Crippen LogP contribution in [0.5, 0.6) is 0 Å². The Morgan fingerprint density at radius 2 is 1.70 bits per heavy atom. The Morgan fingerprint density at radius 1 is 1.05 bits per heavy atom. The van der Waals surface area contributed by atoms with E-state index in [0.29, 0.717) is 0 Å². The first-order chi connectivity index (χ1) is 9.38. The lowest BCUT2D eigenvalue weighted by Crippen LogP contribution is -2.10. The summed E-state index contributed by atoms with van der Waals surface area (Å²) >= 11 is 1.66. The van der Waals surface area contributed by atoms with Gasteiger partial charge in [-0.1, -0.05) is 44.7 Å². The van der Waals surface area contributed by atoms with Crippen LogP contribution in [0.3, 0.4) is 0 Å². The molecule has 0 saturated carbocycles. The summed E-state index contributed by atoms with van der Waals surface area (Å²) in [6, 6.07) is 10.7. The molecule has 0 aliphatic heterocycles. The van der Waals surface area contributed by atoms with Gasteiger partial charge in [-0.05, 0) is 30.0 Å². The molecule has 4 heteroatoms. The third-order valence-electron chi connectivity index (χ3n) is 3.01. The lowest BCUT2D eigenvalue weighted by atomic mass is 9.87. The van der Waals surface area contributed by atoms with E-state index in [2.05, 4.69) is 60.3 Å². The number of hydrogen-bond donors (Lipinski definition) is 1. The molecule has 0 aliphatic carbocycles. The third-order valence-corrected chi connectivity index (χ3v) is 3.94. The maximum atomic E-state index is 4.46. The van der Waals surface area contributed by atoms with Gasteiger partial charge in [-0.25, -0.2) is 9.97 Å². The van der Waals surface area contributed by atoms with Crippen LogP contribution in [-0.2, 0) is 5.41 Å². The molecule has 2 rings (SSSR count). The molecule has 1 heterocycles. The number of anilines is 1. The van der Waals surface area contributed by atoms with Crippen molar-refractivity contribution in [1.29, 1.82) is 0 Å². The number of nitrogens with one attached hydrogen (secondary N) is 1. The van der Waals surface area contributed by atoms with Crippen LogP contribution in [0.15, 0.2) is 40.3 Å². The van der Waals surface area contributed by atoms with E-state index in [0.717, 1.165) is 16.7 Å². The molecule has 0 fully saturated rings. The maximum absolute atomic E-state index is 4.46. The minimum atomic E-state index is 0.188. The Kier molecular flexibility index (Phi) is 4.33. The molecule has 0 spiro atoms. The predicted octanol–water partition coefficient (Wildman–Crippen LogP) is 4.28. The van der Waals surface area contributed by atoms with Gasteiger partial charge >= 0.3 is 0 Å². The maximum Gasteiger partial charge on any atom is 0.130 e. The highest BCUT2D eigenvalue weighted by Gasteiger charge is 2.13. The molecule has 106 valence electrons. The highest BCUT2D eigenvalue weighted by atomic mass is 32.2. The summed E-state index contributed by atoms with van der Waals surface area (Å²) < 4.78 is 0. The van der Waals surface area contributed by atoms with Crippen LogP contribution in [0.4, 0.5) is 5.82 Å². The van der Waals surface area contributed by atoms with Crippen molar-refractivity contribution in [2.24, 2.45) is 0 Å². The topological polar surface area (TPSA) is 37.8 Å². The minimum Gasteiger partial charge on any atom is -0.373 e. The lowest BCUT2D eigenvalue weighted by Gasteiger charge is -2.19. The van der Waals surface area contributed by atoms with Gasteiger partial charge in [-0.2, -0.15) is 0 Å². The quantitative estimate of drug-likeness (QED) is 0.855. The molecule has 0 amide bonds. The third kappa shape index (κ3) is 3.73. The molecule has 0 radical (unpaired) electrons. The summed E-state index contributed by atoms with van der Waals surface area (Å²) in [7, 11) is 1.87. The van der Waals surface area contributed by atoms with Crippen LogP contribution in [0, 0.1) is 6.92 Å². The van der Waals surface area contributed by atoms with Crippen molar-refractivity contribution in [2.75, 3.05) is 12.4 Å². The summed E-state index contributed by atoms with van der Waals surface area (Å²) in [5.74, 6) is 1.64. The van der Waals surface area contributed by atoms with E-state index in [1.165, 1.54) is 10.5 Å². The summed E-state index contributed by atoms with van der Waals surface area (Å²) in [6.45, 7) is 8.58. The van der Waals surface area contributed by atoms with Gasteiger partial charge in [0.15, 0.2) is 0 Å². The van der Waals surface area contributed by atoms with Gasteiger partial charge in [0.25, 0.3) is 0 Å². The summed E-state index contributed by atoms with van der Waals surface area (Å²) in [6.07, 6.45) is 0. The van der Waals surface area contributed by atoms with E-state index in [-0.39, 0.29) is 5.41 Å². The first-order valence-corrected chi connectivity index (χ1v) is 7.52. The van der Waals surface area contributed by atoms with Crippen LogP contribution in [0.2, 0.25) is 0 Å². The average Bonchev–Trinajstić information content (AvgIpc) is 2.37. The molecule has 1 aromatic heterocycles. The second-order valence-corrected chi connectivity index (χ2v) is 6.86. The van der Waals surface area contributed by atoms with Gasteiger partial charge in [0.1, 0.15) is 16.7 Å².